The Balaban J connectivity index is 1.76. The summed E-state index contributed by atoms with van der Waals surface area (Å²) in [6.07, 6.45) is 6.22. The number of nitrogens with zero attached hydrogens (tertiary/aromatic N) is 3. The molecule has 1 aromatic rings. The van der Waals surface area contributed by atoms with Crippen LogP contribution in [0.2, 0.25) is 10.0 Å². The molecule has 0 aromatic heterocycles. The molecule has 2 aliphatic heterocycles. The van der Waals surface area contributed by atoms with Gasteiger partial charge in [0.25, 0.3) is 11.8 Å². The van der Waals surface area contributed by atoms with E-state index in [4.69, 9.17) is 23.2 Å². The summed E-state index contributed by atoms with van der Waals surface area (Å²) in [6, 6.07) is 5.10. The van der Waals surface area contributed by atoms with Crippen LogP contribution in [0.5, 0.6) is 0 Å². The summed E-state index contributed by atoms with van der Waals surface area (Å²) in [5.74, 6) is -0.368. The Bertz CT molecular complexity index is 838. The molecule has 0 N–H and O–H groups in total. The number of carbonyl (C=O) groups excluding carboxylic acids is 2. The lowest BCUT2D eigenvalue weighted by molar-refractivity contribution is -0.140. The smallest absolute Gasteiger partial charge is 0.278 e. The largest absolute Gasteiger partial charge is 0.364 e. The summed E-state index contributed by atoms with van der Waals surface area (Å²) in [6.45, 7) is 3.15. The SMILES string of the molecule is CN1CCN(C2=C(c3ccc(Cl)cc3Cl)C(=O)N(C3CCCCCC3)C2=O)CC1. The van der Waals surface area contributed by atoms with Gasteiger partial charge in [0, 0.05) is 42.8 Å². The molecule has 0 spiro atoms. The van der Waals surface area contributed by atoms with Crippen molar-refractivity contribution in [3.05, 3.63) is 39.5 Å². The second kappa shape index (κ2) is 8.66. The molecule has 7 heteroatoms. The zero-order chi connectivity index (χ0) is 20.5. The fraction of sp³-hybridized carbons (Fsp3) is 0.545. The maximum atomic E-state index is 13.6. The average Bonchev–Trinajstić information content (AvgIpc) is 2.85. The van der Waals surface area contributed by atoms with Gasteiger partial charge < -0.3 is 9.80 Å². The maximum absolute atomic E-state index is 13.6. The minimum absolute atomic E-state index is 0.0245. The summed E-state index contributed by atoms with van der Waals surface area (Å²) < 4.78 is 0. The zero-order valence-corrected chi connectivity index (χ0v) is 18.3. The Morgan fingerprint density at radius 1 is 0.897 bits per heavy atom. The molecule has 4 rings (SSSR count). The van der Waals surface area contributed by atoms with Gasteiger partial charge >= 0.3 is 0 Å². The van der Waals surface area contributed by atoms with Crippen LogP contribution >= 0.6 is 23.2 Å². The van der Waals surface area contributed by atoms with Crippen molar-refractivity contribution in [3.8, 4) is 0 Å². The Labute approximate surface area is 182 Å². The van der Waals surface area contributed by atoms with E-state index in [0.29, 0.717) is 26.9 Å². The number of likely N-dealkylation sites (N-methyl/N-ethyl adjacent to an activating group) is 1. The van der Waals surface area contributed by atoms with Crippen LogP contribution in [0.15, 0.2) is 23.9 Å². The normalized spacial score (nSPS) is 22.6. The molecule has 5 nitrogen and oxygen atoms in total. The van der Waals surface area contributed by atoms with Crippen molar-refractivity contribution >= 4 is 40.6 Å². The van der Waals surface area contributed by atoms with Gasteiger partial charge in [-0.15, -0.1) is 0 Å². The molecule has 1 aliphatic carbocycles. The number of benzene rings is 1. The van der Waals surface area contributed by atoms with E-state index in [1.807, 2.05) is 0 Å². The second-order valence-electron chi connectivity index (χ2n) is 8.26. The summed E-state index contributed by atoms with van der Waals surface area (Å²) in [5.41, 5.74) is 1.54. The molecule has 0 atom stereocenters. The first-order valence-electron chi connectivity index (χ1n) is 10.5. The van der Waals surface area contributed by atoms with Crippen LogP contribution in [0.25, 0.3) is 5.57 Å². The predicted molar refractivity (Wildman–Crippen MR) is 116 cm³/mol. The van der Waals surface area contributed by atoms with E-state index in [2.05, 4.69) is 16.8 Å². The Morgan fingerprint density at radius 2 is 1.55 bits per heavy atom. The fourth-order valence-corrected chi connectivity index (χ4v) is 5.14. The number of imide groups is 1. The van der Waals surface area contributed by atoms with Gasteiger partial charge in [0.1, 0.15) is 5.70 Å². The molecule has 2 amide bonds. The molecule has 0 bridgehead atoms. The highest BCUT2D eigenvalue weighted by Gasteiger charge is 2.45. The predicted octanol–water partition coefficient (Wildman–Crippen LogP) is 4.04. The molecular weight excluding hydrogens is 409 g/mol. The molecule has 0 unspecified atom stereocenters. The van der Waals surface area contributed by atoms with Crippen molar-refractivity contribution in [2.75, 3.05) is 33.2 Å². The third-order valence-corrected chi connectivity index (χ3v) is 6.85. The number of piperazine rings is 1. The van der Waals surface area contributed by atoms with Crippen LogP contribution < -0.4 is 0 Å². The van der Waals surface area contributed by atoms with Crippen LogP contribution in [0.1, 0.15) is 44.1 Å². The number of hydrogen-bond acceptors (Lipinski definition) is 4. The minimum Gasteiger partial charge on any atom is -0.364 e. The zero-order valence-electron chi connectivity index (χ0n) is 16.8. The van der Waals surface area contributed by atoms with Gasteiger partial charge in [0.2, 0.25) is 0 Å². The second-order valence-corrected chi connectivity index (χ2v) is 9.11. The van der Waals surface area contributed by atoms with Crippen molar-refractivity contribution in [3.63, 3.8) is 0 Å². The van der Waals surface area contributed by atoms with Crippen molar-refractivity contribution in [2.24, 2.45) is 0 Å². The molecule has 29 heavy (non-hydrogen) atoms. The van der Waals surface area contributed by atoms with Gasteiger partial charge in [-0.1, -0.05) is 55.0 Å². The minimum atomic E-state index is -0.208. The average molecular weight is 436 g/mol. The van der Waals surface area contributed by atoms with Crippen LogP contribution in [0.3, 0.4) is 0 Å². The number of halogens is 2. The summed E-state index contributed by atoms with van der Waals surface area (Å²) in [7, 11) is 2.07. The Morgan fingerprint density at radius 3 is 2.17 bits per heavy atom. The molecule has 1 saturated heterocycles. The van der Waals surface area contributed by atoms with E-state index in [1.54, 1.807) is 18.2 Å². The number of amides is 2. The summed E-state index contributed by atoms with van der Waals surface area (Å²) >= 11 is 12.6. The molecule has 2 heterocycles. The first-order valence-corrected chi connectivity index (χ1v) is 11.2. The monoisotopic (exact) mass is 435 g/mol. The van der Waals surface area contributed by atoms with Crippen LogP contribution in [0.4, 0.5) is 0 Å². The van der Waals surface area contributed by atoms with E-state index in [0.717, 1.165) is 51.9 Å². The van der Waals surface area contributed by atoms with Crippen LogP contribution in [0, 0.1) is 0 Å². The molecule has 2 fully saturated rings. The lowest BCUT2D eigenvalue weighted by atomic mass is 10.0. The summed E-state index contributed by atoms with van der Waals surface area (Å²) in [5, 5.41) is 0.917. The maximum Gasteiger partial charge on any atom is 0.278 e. The van der Waals surface area contributed by atoms with E-state index in [9.17, 15) is 9.59 Å². The molecule has 0 radical (unpaired) electrons. The van der Waals surface area contributed by atoms with Crippen molar-refractivity contribution < 1.29 is 9.59 Å². The lowest BCUT2D eigenvalue weighted by Gasteiger charge is -2.35. The van der Waals surface area contributed by atoms with Gasteiger partial charge in [-0.25, -0.2) is 0 Å². The van der Waals surface area contributed by atoms with Crippen molar-refractivity contribution in [1.29, 1.82) is 0 Å². The van der Waals surface area contributed by atoms with E-state index < -0.39 is 0 Å². The third-order valence-electron chi connectivity index (χ3n) is 6.30. The van der Waals surface area contributed by atoms with Gasteiger partial charge in [-0.05, 0) is 32.0 Å². The lowest BCUT2D eigenvalue weighted by Crippen LogP contribution is -2.47. The first-order chi connectivity index (χ1) is 14.0. The summed E-state index contributed by atoms with van der Waals surface area (Å²) in [4.78, 5) is 33.0. The fourth-order valence-electron chi connectivity index (χ4n) is 4.64. The molecular formula is C22H27Cl2N3O2. The van der Waals surface area contributed by atoms with Gasteiger partial charge in [0.15, 0.2) is 0 Å². The number of hydrogen-bond donors (Lipinski definition) is 0. The van der Waals surface area contributed by atoms with Crippen LogP contribution in [-0.2, 0) is 9.59 Å². The first kappa shape index (κ1) is 20.7. The molecule has 3 aliphatic rings. The van der Waals surface area contributed by atoms with Crippen molar-refractivity contribution in [2.45, 2.75) is 44.6 Å². The Hall–Kier alpha value is -1.56. The number of carbonyl (C=O) groups is 2. The standard InChI is InChI=1S/C22H27Cl2N3O2/c1-25-10-12-26(13-11-25)20-19(17-9-8-15(23)14-18(17)24)21(28)27(22(20)29)16-6-4-2-3-5-7-16/h8-9,14,16H,2-7,10-13H2,1H3. The van der Waals surface area contributed by atoms with E-state index in [-0.39, 0.29) is 17.9 Å². The molecule has 1 saturated carbocycles. The quantitative estimate of drug-likeness (QED) is 0.530. The van der Waals surface area contributed by atoms with Gasteiger partial charge in [-0.3, -0.25) is 14.5 Å². The van der Waals surface area contributed by atoms with Gasteiger partial charge in [0.05, 0.1) is 10.6 Å². The number of rotatable bonds is 3. The van der Waals surface area contributed by atoms with Crippen LogP contribution in [-0.4, -0.2) is 65.8 Å². The highest BCUT2D eigenvalue weighted by Crippen LogP contribution is 2.39. The molecule has 1 aromatic carbocycles. The highest BCUT2D eigenvalue weighted by molar-refractivity contribution is 6.41. The molecule has 156 valence electrons. The van der Waals surface area contributed by atoms with Crippen molar-refractivity contribution in [1.82, 2.24) is 14.7 Å². The highest BCUT2D eigenvalue weighted by atomic mass is 35.5. The van der Waals surface area contributed by atoms with E-state index in [1.165, 1.54) is 17.7 Å². The third kappa shape index (κ3) is 4.05. The van der Waals surface area contributed by atoms with Gasteiger partial charge in [-0.2, -0.15) is 0 Å². The Kier molecular flexibility index (Phi) is 6.19. The topological polar surface area (TPSA) is 43.9 Å². The van der Waals surface area contributed by atoms with E-state index >= 15 is 0 Å².